The number of H-pyrrole nitrogens is 1. The molecular formula is C30H34N2O6. The molecule has 0 aliphatic carbocycles. The number of rotatable bonds is 11. The largest absolute Gasteiger partial charge is 0.497 e. The van der Waals surface area contributed by atoms with Gasteiger partial charge in [-0.25, -0.2) is 0 Å². The van der Waals surface area contributed by atoms with Gasteiger partial charge in [0.15, 0.2) is 5.76 Å². The number of methoxy groups -OCH3 is 1. The number of benzene rings is 2. The highest BCUT2D eigenvalue weighted by Gasteiger charge is 2.39. The molecule has 2 aromatic carbocycles. The fraction of sp³-hybridized carbons (Fsp3) is 0.367. The van der Waals surface area contributed by atoms with Gasteiger partial charge in [-0.05, 0) is 62.1 Å². The fourth-order valence-corrected chi connectivity index (χ4v) is 5.27. The lowest BCUT2D eigenvalue weighted by molar-refractivity contribution is -0.166. The Kier molecular flexibility index (Phi) is 8.00. The van der Waals surface area contributed by atoms with Gasteiger partial charge in [0.2, 0.25) is 6.29 Å². The monoisotopic (exact) mass is 518 g/mol. The van der Waals surface area contributed by atoms with E-state index in [0.717, 1.165) is 38.7 Å². The zero-order chi connectivity index (χ0) is 26.5. The lowest BCUT2D eigenvalue weighted by Gasteiger charge is -2.36. The summed E-state index contributed by atoms with van der Waals surface area (Å²) >= 11 is 0. The van der Waals surface area contributed by atoms with E-state index in [-0.39, 0.29) is 30.1 Å². The molecule has 1 aliphatic heterocycles. The number of para-hydroxylation sites is 1. The molecule has 8 heteroatoms. The van der Waals surface area contributed by atoms with Crippen LogP contribution < -0.4 is 10.1 Å². The van der Waals surface area contributed by atoms with Gasteiger partial charge in [0, 0.05) is 59.6 Å². The topological polar surface area (TPSA) is 106 Å². The van der Waals surface area contributed by atoms with E-state index in [1.807, 2.05) is 61.7 Å². The van der Waals surface area contributed by atoms with Crippen LogP contribution in [0.1, 0.15) is 36.8 Å². The van der Waals surface area contributed by atoms with Crippen molar-refractivity contribution in [2.75, 3.05) is 26.9 Å². The molecule has 1 aliphatic rings. The first kappa shape index (κ1) is 25.9. The zero-order valence-corrected chi connectivity index (χ0v) is 21.7. The summed E-state index contributed by atoms with van der Waals surface area (Å²) in [5.41, 5.74) is 3.89. The molecule has 8 nitrogen and oxygen atoms in total. The predicted molar refractivity (Wildman–Crippen MR) is 145 cm³/mol. The minimum atomic E-state index is -0.614. The Bertz CT molecular complexity index is 1420. The maximum atomic E-state index is 13.3. The first-order valence-corrected chi connectivity index (χ1v) is 13.1. The molecule has 5 rings (SSSR count). The summed E-state index contributed by atoms with van der Waals surface area (Å²) in [5.74, 6) is 0.488. The van der Waals surface area contributed by atoms with E-state index in [1.54, 1.807) is 13.4 Å². The average Bonchev–Trinajstić information content (AvgIpc) is 3.56. The molecule has 200 valence electrons. The van der Waals surface area contributed by atoms with E-state index in [9.17, 15) is 9.90 Å². The van der Waals surface area contributed by atoms with Gasteiger partial charge in [0.25, 0.3) is 5.91 Å². The van der Waals surface area contributed by atoms with Gasteiger partial charge in [0.1, 0.15) is 11.3 Å². The van der Waals surface area contributed by atoms with Crippen LogP contribution in [0.4, 0.5) is 0 Å². The van der Waals surface area contributed by atoms with Gasteiger partial charge in [-0.3, -0.25) is 4.79 Å². The van der Waals surface area contributed by atoms with E-state index in [4.69, 9.17) is 18.6 Å². The summed E-state index contributed by atoms with van der Waals surface area (Å²) in [4.78, 5) is 16.6. The first-order chi connectivity index (χ1) is 18.6. The number of nitrogens with one attached hydrogen (secondary N) is 2. The van der Waals surface area contributed by atoms with Crippen molar-refractivity contribution >= 4 is 27.8 Å². The Morgan fingerprint density at radius 2 is 2.05 bits per heavy atom. The third-order valence-corrected chi connectivity index (χ3v) is 7.16. The predicted octanol–water partition coefficient (Wildman–Crippen LogP) is 5.03. The van der Waals surface area contributed by atoms with Gasteiger partial charge in [-0.2, -0.15) is 0 Å². The molecule has 0 radical (unpaired) electrons. The Morgan fingerprint density at radius 1 is 1.18 bits per heavy atom. The van der Waals surface area contributed by atoms with Gasteiger partial charge >= 0.3 is 0 Å². The highest BCUT2D eigenvalue weighted by molar-refractivity contribution is 5.92. The summed E-state index contributed by atoms with van der Waals surface area (Å²) in [5, 5.41) is 14.6. The van der Waals surface area contributed by atoms with Gasteiger partial charge in [0.05, 0.1) is 13.4 Å². The SMILES string of the molecule is CCOC1OC(C(=O)NCCc2c[nH]c3ccc(OC)cc23)=CC(c2coc3ccccc23)C1CCCO. The second-order valence-electron chi connectivity index (χ2n) is 9.45. The molecule has 0 saturated carbocycles. The second kappa shape index (κ2) is 11.8. The molecule has 4 aromatic rings. The number of aliphatic hydroxyl groups excluding tert-OH is 1. The highest BCUT2D eigenvalue weighted by Crippen LogP contribution is 2.42. The van der Waals surface area contributed by atoms with Crippen molar-refractivity contribution in [3.8, 4) is 5.75 Å². The summed E-state index contributed by atoms with van der Waals surface area (Å²) < 4.78 is 23.3. The lowest BCUT2D eigenvalue weighted by atomic mass is 9.80. The molecular weight excluding hydrogens is 484 g/mol. The average molecular weight is 519 g/mol. The molecule has 3 unspecified atom stereocenters. The van der Waals surface area contributed by atoms with E-state index < -0.39 is 6.29 Å². The number of carbonyl (C=O) groups is 1. The Morgan fingerprint density at radius 3 is 2.87 bits per heavy atom. The van der Waals surface area contributed by atoms with Crippen molar-refractivity contribution in [2.24, 2.45) is 5.92 Å². The number of carbonyl (C=O) groups excluding carboxylic acids is 1. The Hall–Kier alpha value is -3.75. The highest BCUT2D eigenvalue weighted by atomic mass is 16.7. The number of amides is 1. The smallest absolute Gasteiger partial charge is 0.286 e. The van der Waals surface area contributed by atoms with Crippen LogP contribution in [0.3, 0.4) is 0 Å². The first-order valence-electron chi connectivity index (χ1n) is 13.1. The standard InChI is InChI=1S/C30H34N2O6/c1-3-36-30-22(8-6-14-33)24(25-18-37-27-9-5-4-7-21(25)27)16-28(38-30)29(34)31-13-12-19-17-32-26-11-10-20(35-2)15-23(19)26/h4-5,7,9-11,15-18,22,24,30,32-33H,3,6,8,12-14H2,1-2H3,(H,31,34). The number of hydrogen-bond donors (Lipinski definition) is 3. The minimum Gasteiger partial charge on any atom is -0.497 e. The van der Waals surface area contributed by atoms with Crippen LogP contribution >= 0.6 is 0 Å². The van der Waals surface area contributed by atoms with E-state index in [2.05, 4.69) is 10.3 Å². The number of fused-ring (bicyclic) bond motifs is 2. The summed E-state index contributed by atoms with van der Waals surface area (Å²) in [6.07, 6.45) is 6.92. The van der Waals surface area contributed by atoms with Crippen molar-refractivity contribution in [1.82, 2.24) is 10.3 Å². The maximum Gasteiger partial charge on any atom is 0.286 e. The van der Waals surface area contributed by atoms with Crippen LogP contribution in [0.2, 0.25) is 0 Å². The summed E-state index contributed by atoms with van der Waals surface area (Å²) in [6, 6.07) is 13.8. The van der Waals surface area contributed by atoms with Crippen LogP contribution in [-0.4, -0.2) is 49.2 Å². The number of aliphatic hydroxyl groups is 1. The molecule has 3 N–H and O–H groups in total. The normalized spacial score (nSPS) is 19.3. The van der Waals surface area contributed by atoms with Crippen LogP contribution in [0, 0.1) is 5.92 Å². The van der Waals surface area contributed by atoms with Crippen LogP contribution in [0.5, 0.6) is 5.75 Å². The van der Waals surface area contributed by atoms with Crippen LogP contribution in [0.25, 0.3) is 21.9 Å². The number of aromatic amines is 1. The maximum absolute atomic E-state index is 13.3. The number of furan rings is 1. The fourth-order valence-electron chi connectivity index (χ4n) is 5.27. The molecule has 0 bridgehead atoms. The third kappa shape index (κ3) is 5.28. The van der Waals surface area contributed by atoms with Crippen molar-refractivity contribution in [3.63, 3.8) is 0 Å². The molecule has 2 aromatic heterocycles. The number of hydrogen-bond acceptors (Lipinski definition) is 6. The van der Waals surface area contributed by atoms with Crippen molar-refractivity contribution in [3.05, 3.63) is 77.9 Å². The molecule has 0 spiro atoms. The number of ether oxygens (including phenoxy) is 3. The Labute approximate surface area is 221 Å². The zero-order valence-electron chi connectivity index (χ0n) is 21.7. The Balaban J connectivity index is 1.37. The minimum absolute atomic E-state index is 0.0744. The quantitative estimate of drug-likeness (QED) is 0.257. The number of aromatic nitrogens is 1. The number of allylic oxidation sites excluding steroid dienone is 1. The lowest BCUT2D eigenvalue weighted by Crippen LogP contribution is -2.39. The van der Waals surface area contributed by atoms with E-state index in [1.165, 1.54) is 0 Å². The second-order valence-corrected chi connectivity index (χ2v) is 9.45. The molecule has 1 amide bonds. The van der Waals surface area contributed by atoms with Crippen molar-refractivity contribution < 1.29 is 28.5 Å². The third-order valence-electron chi connectivity index (χ3n) is 7.16. The molecule has 3 heterocycles. The summed E-state index contributed by atoms with van der Waals surface area (Å²) in [7, 11) is 1.65. The van der Waals surface area contributed by atoms with Crippen LogP contribution in [-0.2, 0) is 20.7 Å². The van der Waals surface area contributed by atoms with E-state index >= 15 is 0 Å². The molecule has 0 fully saturated rings. The summed E-state index contributed by atoms with van der Waals surface area (Å²) in [6.45, 7) is 2.86. The van der Waals surface area contributed by atoms with Crippen LogP contribution in [0.15, 0.2) is 71.2 Å². The van der Waals surface area contributed by atoms with Gasteiger partial charge < -0.3 is 34.0 Å². The van der Waals surface area contributed by atoms with Gasteiger partial charge in [-0.1, -0.05) is 18.2 Å². The van der Waals surface area contributed by atoms with Crippen molar-refractivity contribution in [1.29, 1.82) is 0 Å². The molecule has 38 heavy (non-hydrogen) atoms. The molecule has 0 saturated heterocycles. The van der Waals surface area contributed by atoms with Crippen molar-refractivity contribution in [2.45, 2.75) is 38.4 Å². The molecule has 3 atom stereocenters. The van der Waals surface area contributed by atoms with E-state index in [0.29, 0.717) is 32.4 Å². The van der Waals surface area contributed by atoms with Gasteiger partial charge in [-0.15, -0.1) is 0 Å².